The number of carbonyl (C=O) groups is 1. The summed E-state index contributed by atoms with van der Waals surface area (Å²) in [6.07, 6.45) is 2.87. The van der Waals surface area contributed by atoms with Crippen LogP contribution in [0.5, 0.6) is 5.75 Å². The lowest BCUT2D eigenvalue weighted by atomic mass is 9.84. The largest absolute Gasteiger partial charge is 0.495 e. The van der Waals surface area contributed by atoms with E-state index >= 15 is 0 Å². The minimum absolute atomic E-state index is 0.0469. The summed E-state index contributed by atoms with van der Waals surface area (Å²) in [6.45, 7) is 4.29. The SMILES string of the molecule is COc1ccc(NC(=O)CC(C)C2CCNCC2)cc1N. The zero-order valence-corrected chi connectivity index (χ0v) is 12.8. The van der Waals surface area contributed by atoms with Gasteiger partial charge in [0.2, 0.25) is 5.91 Å². The van der Waals surface area contributed by atoms with Crippen LogP contribution < -0.4 is 21.1 Å². The minimum Gasteiger partial charge on any atom is -0.495 e. The number of benzene rings is 1. The van der Waals surface area contributed by atoms with Gasteiger partial charge in [-0.3, -0.25) is 4.79 Å². The Morgan fingerprint density at radius 2 is 2.19 bits per heavy atom. The molecule has 1 fully saturated rings. The quantitative estimate of drug-likeness (QED) is 0.727. The molecule has 5 nitrogen and oxygen atoms in total. The molecule has 1 aliphatic rings. The number of rotatable bonds is 5. The third-order valence-electron chi connectivity index (χ3n) is 4.21. The van der Waals surface area contributed by atoms with Gasteiger partial charge >= 0.3 is 0 Å². The van der Waals surface area contributed by atoms with Crippen molar-refractivity contribution in [2.24, 2.45) is 11.8 Å². The van der Waals surface area contributed by atoms with Gasteiger partial charge in [-0.2, -0.15) is 0 Å². The molecule has 116 valence electrons. The number of hydrogen-bond acceptors (Lipinski definition) is 4. The number of methoxy groups -OCH3 is 1. The molecule has 0 spiro atoms. The number of ether oxygens (including phenoxy) is 1. The number of amides is 1. The van der Waals surface area contributed by atoms with Gasteiger partial charge in [-0.15, -0.1) is 0 Å². The van der Waals surface area contributed by atoms with Crippen LogP contribution in [0.15, 0.2) is 18.2 Å². The molecule has 0 aromatic heterocycles. The van der Waals surface area contributed by atoms with Crippen LogP contribution in [0.3, 0.4) is 0 Å². The van der Waals surface area contributed by atoms with Gasteiger partial charge in [-0.1, -0.05) is 6.92 Å². The van der Waals surface area contributed by atoms with E-state index in [1.165, 1.54) is 0 Å². The van der Waals surface area contributed by atoms with Gasteiger partial charge in [0.1, 0.15) is 5.75 Å². The molecule has 4 N–H and O–H groups in total. The second kappa shape index (κ2) is 7.31. The Balaban J connectivity index is 1.87. The number of piperidine rings is 1. The van der Waals surface area contributed by atoms with E-state index < -0.39 is 0 Å². The van der Waals surface area contributed by atoms with Crippen molar-refractivity contribution in [2.75, 3.05) is 31.2 Å². The second-order valence-corrected chi connectivity index (χ2v) is 5.77. The summed E-state index contributed by atoms with van der Waals surface area (Å²) in [5.41, 5.74) is 7.09. The van der Waals surface area contributed by atoms with Crippen LogP contribution in [-0.4, -0.2) is 26.1 Å². The Morgan fingerprint density at radius 1 is 1.48 bits per heavy atom. The Kier molecular flexibility index (Phi) is 5.44. The molecule has 1 amide bonds. The number of nitrogens with one attached hydrogen (secondary N) is 2. The van der Waals surface area contributed by atoms with E-state index in [2.05, 4.69) is 17.6 Å². The van der Waals surface area contributed by atoms with Crippen LogP contribution in [0.1, 0.15) is 26.2 Å². The van der Waals surface area contributed by atoms with Crippen LogP contribution in [0.25, 0.3) is 0 Å². The topological polar surface area (TPSA) is 76.4 Å². The fourth-order valence-electron chi connectivity index (χ4n) is 2.90. The number of carbonyl (C=O) groups excluding carboxylic acids is 1. The summed E-state index contributed by atoms with van der Waals surface area (Å²) < 4.78 is 5.11. The smallest absolute Gasteiger partial charge is 0.224 e. The predicted octanol–water partition coefficient (Wildman–Crippen LogP) is 2.24. The maximum atomic E-state index is 12.1. The normalized spacial score (nSPS) is 17.2. The van der Waals surface area contributed by atoms with Crippen molar-refractivity contribution in [3.8, 4) is 5.75 Å². The van der Waals surface area contributed by atoms with Crippen LogP contribution in [-0.2, 0) is 4.79 Å². The second-order valence-electron chi connectivity index (χ2n) is 5.77. The molecule has 0 radical (unpaired) electrons. The van der Waals surface area contributed by atoms with Gasteiger partial charge in [0.25, 0.3) is 0 Å². The van der Waals surface area contributed by atoms with Gasteiger partial charge in [-0.05, 0) is 56.0 Å². The number of nitrogen functional groups attached to an aromatic ring is 1. The maximum Gasteiger partial charge on any atom is 0.224 e. The number of nitrogens with two attached hydrogens (primary N) is 1. The molecule has 5 heteroatoms. The lowest BCUT2D eigenvalue weighted by Gasteiger charge is -2.27. The highest BCUT2D eigenvalue weighted by Gasteiger charge is 2.22. The highest BCUT2D eigenvalue weighted by atomic mass is 16.5. The third kappa shape index (κ3) is 4.36. The molecule has 21 heavy (non-hydrogen) atoms. The van der Waals surface area contributed by atoms with Crippen LogP contribution in [0.2, 0.25) is 0 Å². The maximum absolute atomic E-state index is 12.1. The van der Waals surface area contributed by atoms with Crippen LogP contribution >= 0.6 is 0 Å². The van der Waals surface area contributed by atoms with Crippen molar-refractivity contribution < 1.29 is 9.53 Å². The van der Waals surface area contributed by atoms with Crippen molar-refractivity contribution in [1.82, 2.24) is 5.32 Å². The van der Waals surface area contributed by atoms with Crippen molar-refractivity contribution in [2.45, 2.75) is 26.2 Å². The Bertz CT molecular complexity index is 484. The van der Waals surface area contributed by atoms with Crippen LogP contribution in [0, 0.1) is 11.8 Å². The van der Waals surface area contributed by atoms with E-state index in [1.54, 1.807) is 19.2 Å². The molecule has 1 saturated heterocycles. The molecule has 2 rings (SSSR count). The van der Waals surface area contributed by atoms with Crippen molar-refractivity contribution in [3.05, 3.63) is 18.2 Å². The lowest BCUT2D eigenvalue weighted by Crippen LogP contribution is -2.32. The Hall–Kier alpha value is -1.75. The summed E-state index contributed by atoms with van der Waals surface area (Å²) in [5.74, 6) is 1.71. The zero-order valence-electron chi connectivity index (χ0n) is 12.8. The zero-order chi connectivity index (χ0) is 15.2. The molecular formula is C16H25N3O2. The van der Waals surface area contributed by atoms with E-state index in [9.17, 15) is 4.79 Å². The summed E-state index contributed by atoms with van der Waals surface area (Å²) in [4.78, 5) is 12.1. The Morgan fingerprint density at radius 3 is 2.81 bits per heavy atom. The average Bonchev–Trinajstić information content (AvgIpc) is 2.48. The summed E-state index contributed by atoms with van der Waals surface area (Å²) in [7, 11) is 1.57. The van der Waals surface area contributed by atoms with Gasteiger partial charge in [0.05, 0.1) is 12.8 Å². The molecule has 0 saturated carbocycles. The highest BCUT2D eigenvalue weighted by molar-refractivity contribution is 5.91. The molecule has 0 bridgehead atoms. The van der Waals surface area contributed by atoms with Gasteiger partial charge in [0.15, 0.2) is 0 Å². The average molecular weight is 291 g/mol. The third-order valence-corrected chi connectivity index (χ3v) is 4.21. The summed E-state index contributed by atoms with van der Waals surface area (Å²) >= 11 is 0. The molecule has 1 aromatic carbocycles. The molecule has 1 unspecified atom stereocenters. The molecule has 1 aromatic rings. The molecule has 1 atom stereocenters. The minimum atomic E-state index is 0.0469. The standard InChI is InChI=1S/C16H25N3O2/c1-11(12-5-7-18-8-6-12)9-16(20)19-13-3-4-15(21-2)14(17)10-13/h3-4,10-12,18H,5-9,17H2,1-2H3,(H,19,20). The Labute approximate surface area is 126 Å². The predicted molar refractivity (Wildman–Crippen MR) is 85.4 cm³/mol. The lowest BCUT2D eigenvalue weighted by molar-refractivity contribution is -0.117. The first kappa shape index (κ1) is 15.6. The van der Waals surface area contributed by atoms with Gasteiger partial charge in [0, 0.05) is 12.1 Å². The monoisotopic (exact) mass is 291 g/mol. The molecule has 0 aliphatic carbocycles. The fourth-order valence-corrected chi connectivity index (χ4v) is 2.90. The van der Waals surface area contributed by atoms with Crippen molar-refractivity contribution >= 4 is 17.3 Å². The van der Waals surface area contributed by atoms with E-state index in [-0.39, 0.29) is 5.91 Å². The van der Waals surface area contributed by atoms with Gasteiger partial charge < -0.3 is 21.1 Å². The van der Waals surface area contributed by atoms with Gasteiger partial charge in [-0.25, -0.2) is 0 Å². The first-order valence-corrected chi connectivity index (χ1v) is 7.54. The summed E-state index contributed by atoms with van der Waals surface area (Å²) in [6, 6.07) is 5.30. The number of anilines is 2. The van der Waals surface area contributed by atoms with E-state index in [0.29, 0.717) is 29.7 Å². The first-order valence-electron chi connectivity index (χ1n) is 7.54. The van der Waals surface area contributed by atoms with Crippen molar-refractivity contribution in [3.63, 3.8) is 0 Å². The van der Waals surface area contributed by atoms with Crippen LogP contribution in [0.4, 0.5) is 11.4 Å². The van der Waals surface area contributed by atoms with E-state index in [0.717, 1.165) is 31.6 Å². The van der Waals surface area contributed by atoms with E-state index in [1.807, 2.05) is 6.07 Å². The first-order chi connectivity index (χ1) is 10.1. The molecule has 1 heterocycles. The van der Waals surface area contributed by atoms with Crippen molar-refractivity contribution in [1.29, 1.82) is 0 Å². The van der Waals surface area contributed by atoms with E-state index in [4.69, 9.17) is 10.5 Å². The molecule has 1 aliphatic heterocycles. The fraction of sp³-hybridized carbons (Fsp3) is 0.562. The summed E-state index contributed by atoms with van der Waals surface area (Å²) in [5, 5.41) is 6.27. The highest BCUT2D eigenvalue weighted by Crippen LogP contribution is 2.27. The molecular weight excluding hydrogens is 266 g/mol. The number of hydrogen-bond donors (Lipinski definition) is 3.